The number of carbonyl (C=O) groups is 1. The molecule has 0 aliphatic carbocycles. The number of carboxylic acids is 1. The summed E-state index contributed by atoms with van der Waals surface area (Å²) in [6, 6.07) is 12.0. The minimum Gasteiger partial charge on any atom is -0.481 e. The molecule has 1 aromatic carbocycles. The van der Waals surface area contributed by atoms with Crippen LogP contribution in [0.25, 0.3) is 0 Å². The molecule has 0 aliphatic rings. The molecular formula is C12H20NO4V-. The van der Waals surface area contributed by atoms with Crippen molar-refractivity contribution in [2.24, 2.45) is 0 Å². The summed E-state index contributed by atoms with van der Waals surface area (Å²) in [5.41, 5.74) is 0. The van der Waals surface area contributed by atoms with E-state index in [1.807, 2.05) is 43.3 Å². The molecule has 0 amide bonds. The first-order chi connectivity index (χ1) is 7.50. The summed E-state index contributed by atoms with van der Waals surface area (Å²) in [4.78, 5) is 17.9. The molecule has 0 atom stereocenters. The molecule has 0 aliphatic heterocycles. The molecule has 1 radical (unpaired) electrons. The van der Waals surface area contributed by atoms with Crippen LogP contribution in [0.15, 0.2) is 36.4 Å². The second-order valence-electron chi connectivity index (χ2n) is 2.74. The van der Waals surface area contributed by atoms with E-state index < -0.39 is 10.9 Å². The van der Waals surface area contributed by atoms with Gasteiger partial charge in [0.2, 0.25) is 0 Å². The third-order valence-corrected chi connectivity index (χ3v) is 1.13. The van der Waals surface area contributed by atoms with E-state index in [0.717, 1.165) is 13.5 Å². The number of hydrogen-bond acceptors (Lipinski definition) is 3. The SMILES string of the molecule is CCCC(=O)O.C[N+](=O)[O-].[CH3-].[V].c1ccccc1. The first kappa shape index (κ1) is 25.5. The molecule has 0 fully saturated rings. The van der Waals surface area contributed by atoms with Crippen LogP contribution in [0.3, 0.4) is 0 Å². The maximum atomic E-state index is 9.60. The van der Waals surface area contributed by atoms with Crippen molar-refractivity contribution in [3.8, 4) is 0 Å². The van der Waals surface area contributed by atoms with Gasteiger partial charge in [-0.3, -0.25) is 14.9 Å². The van der Waals surface area contributed by atoms with Crippen molar-refractivity contribution in [3.63, 3.8) is 0 Å². The third-order valence-electron chi connectivity index (χ3n) is 1.13. The van der Waals surface area contributed by atoms with Gasteiger partial charge in [-0.25, -0.2) is 0 Å². The van der Waals surface area contributed by atoms with Gasteiger partial charge < -0.3 is 12.5 Å². The van der Waals surface area contributed by atoms with E-state index in [1.165, 1.54) is 0 Å². The van der Waals surface area contributed by atoms with Crippen LogP contribution in [0.2, 0.25) is 0 Å². The van der Waals surface area contributed by atoms with Crippen LogP contribution in [0.5, 0.6) is 0 Å². The van der Waals surface area contributed by atoms with Gasteiger partial charge in [-0.2, -0.15) is 0 Å². The van der Waals surface area contributed by atoms with Gasteiger partial charge in [0.05, 0.1) is 0 Å². The second kappa shape index (κ2) is 21.0. The molecule has 0 heterocycles. The van der Waals surface area contributed by atoms with Crippen molar-refractivity contribution < 1.29 is 33.4 Å². The Balaban J connectivity index is -0.0000000792. The van der Waals surface area contributed by atoms with Gasteiger partial charge in [0.25, 0.3) is 0 Å². The summed E-state index contributed by atoms with van der Waals surface area (Å²) in [5, 5.41) is 16.7. The van der Waals surface area contributed by atoms with E-state index in [2.05, 4.69) is 0 Å². The number of carboxylic acid groups (broad SMARTS) is 1. The predicted molar refractivity (Wildman–Crippen MR) is 68.3 cm³/mol. The molecule has 0 spiro atoms. The van der Waals surface area contributed by atoms with Gasteiger partial charge in [0, 0.05) is 29.9 Å². The summed E-state index contributed by atoms with van der Waals surface area (Å²) < 4.78 is 0. The van der Waals surface area contributed by atoms with E-state index in [-0.39, 0.29) is 26.0 Å². The number of nitrogens with zero attached hydrogens (tertiary/aromatic N) is 1. The third kappa shape index (κ3) is 46.6. The average Bonchev–Trinajstić information content (AvgIpc) is 2.20. The van der Waals surface area contributed by atoms with Crippen LogP contribution in [-0.2, 0) is 23.4 Å². The summed E-state index contributed by atoms with van der Waals surface area (Å²) in [6.07, 6.45) is 1.02. The van der Waals surface area contributed by atoms with Crippen molar-refractivity contribution in [2.45, 2.75) is 19.8 Å². The molecule has 0 aromatic heterocycles. The summed E-state index contributed by atoms with van der Waals surface area (Å²) in [6.45, 7) is 1.84. The number of aliphatic carboxylic acids is 1. The summed E-state index contributed by atoms with van der Waals surface area (Å²) in [7, 11) is 0.889. The van der Waals surface area contributed by atoms with E-state index in [0.29, 0.717) is 6.42 Å². The van der Waals surface area contributed by atoms with Crippen molar-refractivity contribution in [1.29, 1.82) is 0 Å². The molecule has 0 unspecified atom stereocenters. The number of rotatable bonds is 2. The first-order valence-electron chi connectivity index (χ1n) is 4.80. The fourth-order valence-corrected chi connectivity index (χ4v) is 0.599. The molecule has 103 valence electrons. The maximum Gasteiger partial charge on any atom is 0.303 e. The Bertz CT molecular complexity index is 250. The van der Waals surface area contributed by atoms with Crippen molar-refractivity contribution in [2.75, 3.05) is 7.05 Å². The Morgan fingerprint density at radius 3 is 1.44 bits per heavy atom. The monoisotopic (exact) mass is 293 g/mol. The van der Waals surface area contributed by atoms with Gasteiger partial charge in [-0.15, -0.1) is 0 Å². The molecule has 1 N–H and O–H groups in total. The molecule has 18 heavy (non-hydrogen) atoms. The zero-order valence-corrected chi connectivity index (χ0v) is 12.3. The zero-order valence-electron chi connectivity index (χ0n) is 10.9. The molecule has 0 bridgehead atoms. The predicted octanol–water partition coefficient (Wildman–Crippen LogP) is 2.90. The summed E-state index contributed by atoms with van der Waals surface area (Å²) >= 11 is 0. The summed E-state index contributed by atoms with van der Waals surface area (Å²) in [5.74, 6) is -0.711. The smallest absolute Gasteiger partial charge is 0.303 e. The van der Waals surface area contributed by atoms with Crippen LogP contribution >= 0.6 is 0 Å². The molecule has 5 nitrogen and oxygen atoms in total. The number of hydrogen-bond donors (Lipinski definition) is 1. The van der Waals surface area contributed by atoms with Gasteiger partial charge in [-0.05, 0) is 6.42 Å². The molecule has 0 saturated heterocycles. The minimum atomic E-state index is -0.711. The standard InChI is InChI=1S/C6H6.C4H8O2.CH3NO2.CH3.V/c1-2-4-6-5-3-1;1-2-3-4(5)6;1-2(3)4;;/h1-6H;2-3H2,1H3,(H,5,6);1H3;1H3;/q;;;-1;. The first-order valence-corrected chi connectivity index (χ1v) is 4.80. The fraction of sp³-hybridized carbons (Fsp3) is 0.333. The topological polar surface area (TPSA) is 80.4 Å². The van der Waals surface area contributed by atoms with Gasteiger partial charge in [0.1, 0.15) is 0 Å². The Labute approximate surface area is 120 Å². The van der Waals surface area contributed by atoms with Crippen LogP contribution in [0, 0.1) is 17.5 Å². The van der Waals surface area contributed by atoms with E-state index in [1.54, 1.807) is 0 Å². The molecule has 1 rings (SSSR count). The fourth-order valence-electron chi connectivity index (χ4n) is 0.599. The maximum absolute atomic E-state index is 9.60. The van der Waals surface area contributed by atoms with E-state index in [4.69, 9.17) is 15.2 Å². The second-order valence-corrected chi connectivity index (χ2v) is 2.74. The van der Waals surface area contributed by atoms with Gasteiger partial charge >= 0.3 is 5.97 Å². The van der Waals surface area contributed by atoms with Crippen molar-refractivity contribution in [1.82, 2.24) is 0 Å². The van der Waals surface area contributed by atoms with E-state index >= 15 is 0 Å². The van der Waals surface area contributed by atoms with Crippen LogP contribution in [0.1, 0.15) is 19.8 Å². The number of benzene rings is 1. The Kier molecular flexibility index (Phi) is 29.8. The van der Waals surface area contributed by atoms with Crippen LogP contribution in [0.4, 0.5) is 0 Å². The molecule has 6 heteroatoms. The van der Waals surface area contributed by atoms with Gasteiger partial charge in [0.15, 0.2) is 7.05 Å². The Morgan fingerprint density at radius 2 is 1.39 bits per heavy atom. The largest absolute Gasteiger partial charge is 0.481 e. The zero-order chi connectivity index (χ0) is 12.8. The van der Waals surface area contributed by atoms with Crippen LogP contribution < -0.4 is 0 Å². The normalized spacial score (nSPS) is 6.78. The quantitative estimate of drug-likeness (QED) is 0.516. The average molecular weight is 293 g/mol. The Hall–Kier alpha value is -1.33. The minimum absolute atomic E-state index is 0. The molecule has 0 saturated carbocycles. The van der Waals surface area contributed by atoms with E-state index in [9.17, 15) is 4.79 Å². The number of nitro groups is 1. The van der Waals surface area contributed by atoms with Gasteiger partial charge in [-0.1, -0.05) is 43.3 Å². The Morgan fingerprint density at radius 1 is 1.17 bits per heavy atom. The van der Waals surface area contributed by atoms with Crippen LogP contribution in [-0.4, -0.2) is 23.0 Å². The molecular weight excluding hydrogens is 273 g/mol. The molecule has 1 aromatic rings. The van der Waals surface area contributed by atoms with Crippen molar-refractivity contribution >= 4 is 5.97 Å². The van der Waals surface area contributed by atoms with Crippen molar-refractivity contribution in [3.05, 3.63) is 53.9 Å².